The molecule has 0 heterocycles. The number of nitrogens with zero attached hydrogens (tertiary/aromatic N) is 1. The molecule has 0 saturated carbocycles. The van der Waals surface area contributed by atoms with Crippen molar-refractivity contribution in [3.8, 4) is 0 Å². The number of hydrogen-bond donors (Lipinski definition) is 3. The summed E-state index contributed by atoms with van der Waals surface area (Å²) in [6.45, 7) is 4.80. The number of quaternary nitrogens is 1. The maximum atomic E-state index is 12.9. The summed E-state index contributed by atoms with van der Waals surface area (Å²) < 4.78 is 23.5. The number of unbranched alkanes of at least 4 members (excludes halogenated alkanes) is 26. The van der Waals surface area contributed by atoms with Gasteiger partial charge in [0.2, 0.25) is 5.91 Å². The first-order valence-corrected chi connectivity index (χ1v) is 24.2. The van der Waals surface area contributed by atoms with Crippen molar-refractivity contribution in [1.82, 2.24) is 5.32 Å². The van der Waals surface area contributed by atoms with Gasteiger partial charge in [-0.1, -0.05) is 179 Å². The summed E-state index contributed by atoms with van der Waals surface area (Å²) in [5.41, 5.74) is 0. The normalized spacial score (nSPS) is 14.6. The fraction of sp³-hybridized carbons (Fsp3) is 0.889. The summed E-state index contributed by atoms with van der Waals surface area (Å²) in [6, 6.07) is -0.844. The number of amides is 1. The SMILES string of the molecule is CCCCCCCCCCC/C=C/C(O)C(COP(=O)(O)OCC[N+](C)(C)C)NC(=O)CCCCCCCCC/C=C\CCCCCCCCCCCC. The first-order valence-electron chi connectivity index (χ1n) is 22.7. The third-order valence-corrected chi connectivity index (χ3v) is 11.1. The van der Waals surface area contributed by atoms with Crippen LogP contribution in [0.3, 0.4) is 0 Å². The second-order valence-corrected chi connectivity index (χ2v) is 18.2. The molecule has 0 aliphatic heterocycles. The molecule has 0 fully saturated rings. The van der Waals surface area contributed by atoms with Crippen molar-refractivity contribution in [2.75, 3.05) is 40.9 Å². The van der Waals surface area contributed by atoms with Crippen molar-refractivity contribution < 1.29 is 32.9 Å². The number of phosphoric acid groups is 1. The van der Waals surface area contributed by atoms with Crippen LogP contribution in [-0.2, 0) is 18.4 Å². The van der Waals surface area contributed by atoms with Crippen LogP contribution in [0.1, 0.15) is 206 Å². The van der Waals surface area contributed by atoms with Crippen LogP contribution in [0.15, 0.2) is 24.3 Å². The minimum absolute atomic E-state index is 0.0615. The van der Waals surface area contributed by atoms with E-state index in [-0.39, 0.29) is 19.1 Å². The van der Waals surface area contributed by atoms with E-state index in [2.05, 4.69) is 31.3 Å². The van der Waals surface area contributed by atoms with E-state index in [0.29, 0.717) is 17.4 Å². The summed E-state index contributed by atoms with van der Waals surface area (Å²) in [5, 5.41) is 13.8. The second kappa shape index (κ2) is 37.6. The standard InChI is InChI=1S/C45H89N2O6P/c1-6-8-10-12-14-16-18-19-20-21-22-23-24-25-26-27-29-31-33-35-37-39-45(49)46-43(42-53-54(50,51)52-41-40-47(3,4)5)44(48)38-36-34-32-30-28-17-15-13-11-9-7-2/h23-24,36,38,43-44,48H,6-22,25-35,37,39-42H2,1-5H3,(H-,46,49,50,51)/p+1/b24-23-,38-36+. The Bertz CT molecular complexity index is 938. The molecule has 0 spiro atoms. The number of carbonyl (C=O) groups excluding carboxylic acids is 1. The lowest BCUT2D eigenvalue weighted by Gasteiger charge is -2.25. The zero-order chi connectivity index (χ0) is 40.0. The fourth-order valence-corrected chi connectivity index (χ4v) is 7.24. The van der Waals surface area contributed by atoms with Gasteiger partial charge in [-0.15, -0.1) is 0 Å². The Morgan fingerprint density at radius 2 is 1.00 bits per heavy atom. The topological polar surface area (TPSA) is 105 Å². The van der Waals surface area contributed by atoms with E-state index in [0.717, 1.165) is 38.5 Å². The van der Waals surface area contributed by atoms with Crippen LogP contribution in [-0.4, -0.2) is 73.4 Å². The Hall–Kier alpha value is -1.02. The quantitative estimate of drug-likeness (QED) is 0.0247. The van der Waals surface area contributed by atoms with Gasteiger partial charge in [0.1, 0.15) is 13.2 Å². The molecule has 0 aromatic rings. The molecule has 0 rings (SSSR count). The van der Waals surface area contributed by atoms with Crippen molar-refractivity contribution in [2.45, 2.75) is 219 Å². The van der Waals surface area contributed by atoms with Crippen LogP contribution in [0.4, 0.5) is 0 Å². The maximum Gasteiger partial charge on any atom is 0.472 e. The molecule has 3 atom stereocenters. The zero-order valence-corrected chi connectivity index (χ0v) is 37.1. The molecule has 0 aliphatic carbocycles. The summed E-state index contributed by atoms with van der Waals surface area (Å²) in [7, 11) is 1.57. The van der Waals surface area contributed by atoms with Crippen LogP contribution in [0, 0.1) is 0 Å². The molecule has 8 nitrogen and oxygen atoms in total. The van der Waals surface area contributed by atoms with Gasteiger partial charge in [-0.2, -0.15) is 0 Å². The third kappa shape index (κ3) is 39.2. The predicted octanol–water partition coefficient (Wildman–Crippen LogP) is 12.5. The van der Waals surface area contributed by atoms with E-state index in [4.69, 9.17) is 9.05 Å². The molecule has 320 valence electrons. The van der Waals surface area contributed by atoms with Crippen LogP contribution in [0.25, 0.3) is 0 Å². The van der Waals surface area contributed by atoms with Gasteiger partial charge < -0.3 is 19.8 Å². The van der Waals surface area contributed by atoms with E-state index >= 15 is 0 Å². The van der Waals surface area contributed by atoms with E-state index < -0.39 is 20.0 Å². The lowest BCUT2D eigenvalue weighted by Crippen LogP contribution is -2.45. The van der Waals surface area contributed by atoms with E-state index in [1.807, 2.05) is 27.2 Å². The van der Waals surface area contributed by atoms with Gasteiger partial charge in [0.25, 0.3) is 0 Å². The second-order valence-electron chi connectivity index (χ2n) is 16.8. The van der Waals surface area contributed by atoms with E-state index in [9.17, 15) is 19.4 Å². The van der Waals surface area contributed by atoms with Crippen LogP contribution >= 0.6 is 7.82 Å². The minimum Gasteiger partial charge on any atom is -0.387 e. The third-order valence-electron chi connectivity index (χ3n) is 10.2. The molecule has 0 radical (unpaired) electrons. The number of carbonyl (C=O) groups is 1. The van der Waals surface area contributed by atoms with E-state index in [1.54, 1.807) is 6.08 Å². The average Bonchev–Trinajstić information content (AvgIpc) is 3.12. The van der Waals surface area contributed by atoms with Gasteiger partial charge in [0.05, 0.1) is 39.9 Å². The highest BCUT2D eigenvalue weighted by atomic mass is 31.2. The number of rotatable bonds is 41. The van der Waals surface area contributed by atoms with Gasteiger partial charge >= 0.3 is 7.82 Å². The monoisotopic (exact) mass is 786 g/mol. The number of aliphatic hydroxyl groups is 1. The highest BCUT2D eigenvalue weighted by molar-refractivity contribution is 7.47. The van der Waals surface area contributed by atoms with Crippen molar-refractivity contribution in [3.63, 3.8) is 0 Å². The summed E-state index contributed by atoms with van der Waals surface area (Å²) in [4.78, 5) is 23.1. The van der Waals surface area contributed by atoms with Gasteiger partial charge in [-0.3, -0.25) is 13.8 Å². The Morgan fingerprint density at radius 1 is 0.611 bits per heavy atom. The largest absolute Gasteiger partial charge is 0.472 e. The number of likely N-dealkylation sites (N-methyl/N-ethyl adjacent to an activating group) is 1. The molecular formula is C45H90N2O6P+. The summed E-state index contributed by atoms with van der Waals surface area (Å²) in [5.74, 6) is -0.182. The fourth-order valence-electron chi connectivity index (χ4n) is 6.51. The predicted molar refractivity (Wildman–Crippen MR) is 231 cm³/mol. The molecule has 0 aromatic heterocycles. The molecule has 0 bridgehead atoms. The van der Waals surface area contributed by atoms with Gasteiger partial charge in [-0.25, -0.2) is 4.57 Å². The number of hydrogen-bond acceptors (Lipinski definition) is 5. The van der Waals surface area contributed by atoms with Gasteiger partial charge in [-0.05, 0) is 44.9 Å². The van der Waals surface area contributed by atoms with Crippen LogP contribution < -0.4 is 5.32 Å². The Labute approximate surface area is 334 Å². The number of aliphatic hydroxyl groups excluding tert-OH is 1. The molecular weight excluding hydrogens is 695 g/mol. The van der Waals surface area contributed by atoms with Crippen molar-refractivity contribution in [2.24, 2.45) is 0 Å². The smallest absolute Gasteiger partial charge is 0.387 e. The number of allylic oxidation sites excluding steroid dienone is 3. The lowest BCUT2D eigenvalue weighted by atomic mass is 10.1. The molecule has 54 heavy (non-hydrogen) atoms. The van der Waals surface area contributed by atoms with Crippen LogP contribution in [0.2, 0.25) is 0 Å². The molecule has 1 amide bonds. The lowest BCUT2D eigenvalue weighted by molar-refractivity contribution is -0.870. The average molecular weight is 786 g/mol. The molecule has 9 heteroatoms. The van der Waals surface area contributed by atoms with Crippen molar-refractivity contribution in [3.05, 3.63) is 24.3 Å². The molecule has 3 unspecified atom stereocenters. The maximum absolute atomic E-state index is 12.9. The highest BCUT2D eigenvalue weighted by Crippen LogP contribution is 2.43. The molecule has 0 aliphatic rings. The Kier molecular flexibility index (Phi) is 36.8. The van der Waals surface area contributed by atoms with E-state index in [1.165, 1.54) is 148 Å². The molecule has 0 aromatic carbocycles. The van der Waals surface area contributed by atoms with Crippen molar-refractivity contribution >= 4 is 13.7 Å². The first kappa shape index (κ1) is 53.0. The van der Waals surface area contributed by atoms with Gasteiger partial charge in [0.15, 0.2) is 0 Å². The van der Waals surface area contributed by atoms with Gasteiger partial charge in [0, 0.05) is 6.42 Å². The Balaban J connectivity index is 4.30. The highest BCUT2D eigenvalue weighted by Gasteiger charge is 2.27. The minimum atomic E-state index is -4.33. The van der Waals surface area contributed by atoms with Crippen LogP contribution in [0.5, 0.6) is 0 Å². The number of nitrogens with one attached hydrogen (secondary N) is 1. The summed E-state index contributed by atoms with van der Waals surface area (Å²) >= 11 is 0. The Morgan fingerprint density at radius 3 is 1.43 bits per heavy atom. The molecule has 0 saturated heterocycles. The first-order chi connectivity index (χ1) is 26.0. The van der Waals surface area contributed by atoms with Crippen molar-refractivity contribution in [1.29, 1.82) is 0 Å². The molecule has 3 N–H and O–H groups in total. The number of phosphoric ester groups is 1. The zero-order valence-electron chi connectivity index (χ0n) is 36.2. The summed E-state index contributed by atoms with van der Waals surface area (Å²) in [6.07, 6.45) is 43.9.